The number of ether oxygens (including phenoxy) is 1. The van der Waals surface area contributed by atoms with Gasteiger partial charge in [-0.1, -0.05) is 11.6 Å². The van der Waals surface area contributed by atoms with Gasteiger partial charge >= 0.3 is 5.97 Å². The number of carboxylic acid groups (broad SMARTS) is 1. The molecule has 1 aromatic carbocycles. The summed E-state index contributed by atoms with van der Waals surface area (Å²) in [6.45, 7) is 5.34. The van der Waals surface area contributed by atoms with Gasteiger partial charge in [0.1, 0.15) is 12.3 Å². The molecule has 110 valence electrons. The molecule has 0 atom stereocenters. The molecule has 0 unspecified atom stereocenters. The van der Waals surface area contributed by atoms with Crippen molar-refractivity contribution in [2.75, 3.05) is 13.1 Å². The highest BCUT2D eigenvalue weighted by Gasteiger charge is 2.21. The number of carbonyl (C=O) groups is 2. The van der Waals surface area contributed by atoms with E-state index in [2.05, 4.69) is 0 Å². The maximum Gasteiger partial charge on any atom is 0.323 e. The van der Waals surface area contributed by atoms with E-state index in [1.165, 1.54) is 11.0 Å². The van der Waals surface area contributed by atoms with E-state index < -0.39 is 11.9 Å². The Morgan fingerprint density at radius 3 is 2.55 bits per heavy atom. The predicted molar refractivity (Wildman–Crippen MR) is 76.4 cm³/mol. The van der Waals surface area contributed by atoms with Crippen LogP contribution in [0.4, 0.5) is 0 Å². The minimum absolute atomic E-state index is 0.0997. The fourth-order valence-corrected chi connectivity index (χ4v) is 1.86. The molecular weight excluding hydrogens is 282 g/mol. The van der Waals surface area contributed by atoms with E-state index >= 15 is 0 Å². The van der Waals surface area contributed by atoms with E-state index in [0.29, 0.717) is 17.3 Å². The van der Waals surface area contributed by atoms with Crippen LogP contribution in [-0.4, -0.2) is 41.1 Å². The Labute approximate surface area is 123 Å². The second-order valence-electron chi connectivity index (χ2n) is 4.52. The zero-order valence-corrected chi connectivity index (χ0v) is 12.5. The van der Waals surface area contributed by atoms with Gasteiger partial charge in [-0.05, 0) is 39.0 Å². The first kappa shape index (κ1) is 16.3. The summed E-state index contributed by atoms with van der Waals surface area (Å²) in [4.78, 5) is 24.4. The Morgan fingerprint density at radius 1 is 1.40 bits per heavy atom. The average Bonchev–Trinajstić information content (AvgIpc) is 2.36. The number of aliphatic carboxylic acids is 1. The van der Waals surface area contributed by atoms with Crippen LogP contribution in [0.1, 0.15) is 31.1 Å². The fraction of sp³-hybridized carbons (Fsp3) is 0.429. The van der Waals surface area contributed by atoms with Gasteiger partial charge in [-0.3, -0.25) is 9.59 Å². The van der Waals surface area contributed by atoms with Crippen molar-refractivity contribution in [1.29, 1.82) is 0 Å². The van der Waals surface area contributed by atoms with E-state index in [1.807, 2.05) is 13.8 Å². The number of amides is 1. The monoisotopic (exact) mass is 299 g/mol. The normalized spacial score (nSPS) is 10.4. The van der Waals surface area contributed by atoms with E-state index in [1.54, 1.807) is 19.1 Å². The SMILES string of the molecule is CCN(CC(=O)O)C(=O)c1cc(Cl)ccc1OC(C)C. The highest BCUT2D eigenvalue weighted by atomic mass is 35.5. The van der Waals surface area contributed by atoms with Crippen LogP contribution in [0.25, 0.3) is 0 Å². The predicted octanol–water partition coefficient (Wildman–Crippen LogP) is 2.67. The summed E-state index contributed by atoms with van der Waals surface area (Å²) >= 11 is 5.91. The van der Waals surface area contributed by atoms with Gasteiger partial charge in [0.15, 0.2) is 0 Å². The molecule has 0 fully saturated rings. The first-order valence-electron chi connectivity index (χ1n) is 6.32. The van der Waals surface area contributed by atoms with Crippen molar-refractivity contribution in [3.05, 3.63) is 28.8 Å². The summed E-state index contributed by atoms with van der Waals surface area (Å²) in [5, 5.41) is 9.23. The number of benzene rings is 1. The van der Waals surface area contributed by atoms with Crippen LogP contribution < -0.4 is 4.74 Å². The average molecular weight is 300 g/mol. The quantitative estimate of drug-likeness (QED) is 0.877. The molecule has 5 nitrogen and oxygen atoms in total. The number of hydrogen-bond acceptors (Lipinski definition) is 3. The van der Waals surface area contributed by atoms with Gasteiger partial charge in [-0.2, -0.15) is 0 Å². The molecule has 20 heavy (non-hydrogen) atoms. The van der Waals surface area contributed by atoms with Gasteiger partial charge in [0, 0.05) is 11.6 Å². The van der Waals surface area contributed by atoms with Crippen molar-refractivity contribution in [3.63, 3.8) is 0 Å². The Balaban J connectivity index is 3.11. The Morgan fingerprint density at radius 2 is 2.05 bits per heavy atom. The highest BCUT2D eigenvalue weighted by Crippen LogP contribution is 2.25. The molecule has 0 aliphatic heterocycles. The summed E-state index contributed by atoms with van der Waals surface area (Å²) in [6.07, 6.45) is -0.0997. The van der Waals surface area contributed by atoms with Gasteiger partial charge in [-0.15, -0.1) is 0 Å². The van der Waals surface area contributed by atoms with Crippen molar-refractivity contribution in [1.82, 2.24) is 4.90 Å². The summed E-state index contributed by atoms with van der Waals surface area (Å²) in [7, 11) is 0. The maximum atomic E-state index is 12.4. The second-order valence-corrected chi connectivity index (χ2v) is 4.96. The molecule has 0 saturated carbocycles. The van der Waals surface area contributed by atoms with Gasteiger partial charge in [-0.25, -0.2) is 0 Å². The molecule has 0 heterocycles. The van der Waals surface area contributed by atoms with Crippen molar-refractivity contribution in [3.8, 4) is 5.75 Å². The molecule has 0 aromatic heterocycles. The lowest BCUT2D eigenvalue weighted by molar-refractivity contribution is -0.137. The standard InChI is InChI=1S/C14H18ClNO4/c1-4-16(8-13(17)18)14(19)11-7-10(15)5-6-12(11)20-9(2)3/h5-7,9H,4,8H2,1-3H3,(H,17,18). The molecule has 1 amide bonds. The van der Waals surface area contributed by atoms with Gasteiger partial charge in [0.25, 0.3) is 5.91 Å². The number of halogens is 1. The smallest absolute Gasteiger partial charge is 0.323 e. The van der Waals surface area contributed by atoms with Crippen LogP contribution in [0.2, 0.25) is 5.02 Å². The fourth-order valence-electron chi connectivity index (χ4n) is 1.69. The number of hydrogen-bond donors (Lipinski definition) is 1. The number of nitrogens with zero attached hydrogens (tertiary/aromatic N) is 1. The van der Waals surface area contributed by atoms with E-state index in [9.17, 15) is 9.59 Å². The second kappa shape index (κ2) is 7.14. The van der Waals surface area contributed by atoms with Crippen LogP contribution in [0, 0.1) is 0 Å². The minimum atomic E-state index is -1.06. The number of likely N-dealkylation sites (N-methyl/N-ethyl adjacent to an activating group) is 1. The molecule has 0 aliphatic rings. The highest BCUT2D eigenvalue weighted by molar-refractivity contribution is 6.31. The third kappa shape index (κ3) is 4.42. The third-order valence-corrected chi connectivity index (χ3v) is 2.76. The van der Waals surface area contributed by atoms with Crippen molar-refractivity contribution in [2.45, 2.75) is 26.9 Å². The lowest BCUT2D eigenvalue weighted by atomic mass is 10.1. The van der Waals surface area contributed by atoms with E-state index in [0.717, 1.165) is 0 Å². The van der Waals surface area contributed by atoms with E-state index in [-0.39, 0.29) is 18.2 Å². The number of carboxylic acids is 1. The lowest BCUT2D eigenvalue weighted by Gasteiger charge is -2.21. The number of carbonyl (C=O) groups excluding carboxylic acids is 1. The zero-order valence-electron chi connectivity index (χ0n) is 11.7. The molecule has 1 N–H and O–H groups in total. The zero-order chi connectivity index (χ0) is 15.3. The van der Waals surface area contributed by atoms with Crippen LogP contribution in [0.15, 0.2) is 18.2 Å². The molecule has 0 saturated heterocycles. The molecule has 0 spiro atoms. The molecular formula is C14H18ClNO4. The maximum absolute atomic E-state index is 12.4. The molecule has 6 heteroatoms. The molecule has 1 aromatic rings. The Bertz CT molecular complexity index is 502. The largest absolute Gasteiger partial charge is 0.490 e. The molecule has 1 rings (SSSR count). The van der Waals surface area contributed by atoms with Crippen LogP contribution >= 0.6 is 11.6 Å². The first-order valence-corrected chi connectivity index (χ1v) is 6.70. The van der Waals surface area contributed by atoms with Crippen molar-refractivity contribution < 1.29 is 19.4 Å². The summed E-state index contributed by atoms with van der Waals surface area (Å²) < 4.78 is 5.57. The minimum Gasteiger partial charge on any atom is -0.490 e. The third-order valence-electron chi connectivity index (χ3n) is 2.53. The van der Waals surface area contributed by atoms with Crippen LogP contribution in [-0.2, 0) is 4.79 Å². The summed E-state index contributed by atoms with van der Waals surface area (Å²) in [5.41, 5.74) is 0.273. The van der Waals surface area contributed by atoms with Gasteiger partial charge in [0.05, 0.1) is 11.7 Å². The summed E-state index contributed by atoms with van der Waals surface area (Å²) in [5.74, 6) is -1.07. The van der Waals surface area contributed by atoms with Gasteiger partial charge in [0.2, 0.25) is 0 Å². The summed E-state index contributed by atoms with van der Waals surface area (Å²) in [6, 6.07) is 4.74. The topological polar surface area (TPSA) is 66.8 Å². The van der Waals surface area contributed by atoms with E-state index in [4.69, 9.17) is 21.4 Å². The molecule has 0 aliphatic carbocycles. The lowest BCUT2D eigenvalue weighted by Crippen LogP contribution is -2.35. The molecule has 0 radical (unpaired) electrons. The Hall–Kier alpha value is -1.75. The molecule has 0 bridgehead atoms. The Kier molecular flexibility index (Phi) is 5.82. The van der Waals surface area contributed by atoms with Crippen molar-refractivity contribution in [2.24, 2.45) is 0 Å². The van der Waals surface area contributed by atoms with Gasteiger partial charge < -0.3 is 14.7 Å². The van der Waals surface area contributed by atoms with Crippen LogP contribution in [0.5, 0.6) is 5.75 Å². The first-order chi connectivity index (χ1) is 9.35. The van der Waals surface area contributed by atoms with Crippen LogP contribution in [0.3, 0.4) is 0 Å². The van der Waals surface area contributed by atoms with Crippen molar-refractivity contribution >= 4 is 23.5 Å². The number of rotatable bonds is 6.